The molecule has 0 spiro atoms. The zero-order chi connectivity index (χ0) is 16.5. The van der Waals surface area contributed by atoms with Gasteiger partial charge in [-0.1, -0.05) is 30.3 Å². The maximum Gasteiger partial charge on any atom is 0.249 e. The van der Waals surface area contributed by atoms with Gasteiger partial charge in [-0.05, 0) is 18.6 Å². The zero-order valence-electron chi connectivity index (χ0n) is 13.6. The predicted octanol–water partition coefficient (Wildman–Crippen LogP) is 1.40. The molecule has 0 N–H and O–H groups in total. The van der Waals surface area contributed by atoms with Crippen LogP contribution in [0, 0.1) is 6.92 Å². The average molecular weight is 324 g/mol. The molecule has 2 aromatic rings. The summed E-state index contributed by atoms with van der Waals surface area (Å²) in [6, 6.07) is 12.1. The lowest BCUT2D eigenvalue weighted by molar-refractivity contribution is -0.153. The Morgan fingerprint density at radius 3 is 2.83 bits per heavy atom. The molecule has 1 aromatic heterocycles. The number of fused-ring (bicyclic) bond motifs is 1. The summed E-state index contributed by atoms with van der Waals surface area (Å²) in [7, 11) is 0. The number of hydrogen-bond donors (Lipinski definition) is 0. The number of aryl methyl sites for hydroxylation is 1. The SMILES string of the molecule is Cc1nccc(N2C[C@@H]3[C@@H](C2)OCC(=O)N3Cc2ccccc2)n1. The first-order chi connectivity index (χ1) is 11.7. The number of nitrogens with zero attached hydrogens (tertiary/aromatic N) is 4. The van der Waals surface area contributed by atoms with Gasteiger partial charge >= 0.3 is 0 Å². The monoisotopic (exact) mass is 324 g/mol. The summed E-state index contributed by atoms with van der Waals surface area (Å²) in [4.78, 5) is 25.2. The second-order valence-electron chi connectivity index (χ2n) is 6.29. The first-order valence-electron chi connectivity index (χ1n) is 8.20. The van der Waals surface area contributed by atoms with Gasteiger partial charge in [0.05, 0.1) is 12.1 Å². The Kier molecular flexibility index (Phi) is 3.90. The number of amides is 1. The van der Waals surface area contributed by atoms with Gasteiger partial charge in [-0.2, -0.15) is 0 Å². The molecule has 2 fully saturated rings. The molecule has 2 aliphatic rings. The van der Waals surface area contributed by atoms with Crippen molar-refractivity contribution in [2.45, 2.75) is 25.6 Å². The number of benzene rings is 1. The molecule has 0 saturated carbocycles. The number of morpholine rings is 1. The van der Waals surface area contributed by atoms with E-state index in [-0.39, 0.29) is 24.7 Å². The molecule has 2 saturated heterocycles. The van der Waals surface area contributed by atoms with E-state index < -0.39 is 0 Å². The first-order valence-corrected chi connectivity index (χ1v) is 8.20. The van der Waals surface area contributed by atoms with Crippen LogP contribution in [-0.4, -0.2) is 52.6 Å². The van der Waals surface area contributed by atoms with E-state index in [0.29, 0.717) is 6.54 Å². The highest BCUT2D eigenvalue weighted by Crippen LogP contribution is 2.28. The minimum absolute atomic E-state index is 0.0293. The lowest BCUT2D eigenvalue weighted by atomic mass is 10.1. The van der Waals surface area contributed by atoms with Crippen molar-refractivity contribution in [1.29, 1.82) is 0 Å². The van der Waals surface area contributed by atoms with Gasteiger partial charge in [-0.3, -0.25) is 4.79 Å². The Bertz CT molecular complexity index is 737. The van der Waals surface area contributed by atoms with Crippen LogP contribution < -0.4 is 4.90 Å². The fraction of sp³-hybridized carbons (Fsp3) is 0.389. The summed E-state index contributed by atoms with van der Waals surface area (Å²) >= 11 is 0. The highest BCUT2D eigenvalue weighted by Gasteiger charge is 2.43. The second kappa shape index (κ2) is 6.20. The van der Waals surface area contributed by atoms with Crippen molar-refractivity contribution in [1.82, 2.24) is 14.9 Å². The van der Waals surface area contributed by atoms with E-state index in [9.17, 15) is 4.79 Å². The van der Waals surface area contributed by atoms with E-state index in [1.165, 1.54) is 0 Å². The Morgan fingerprint density at radius 1 is 1.21 bits per heavy atom. The zero-order valence-corrected chi connectivity index (χ0v) is 13.6. The molecule has 0 unspecified atom stereocenters. The van der Waals surface area contributed by atoms with Gasteiger partial charge in [0, 0.05) is 25.8 Å². The summed E-state index contributed by atoms with van der Waals surface area (Å²) < 4.78 is 5.79. The number of rotatable bonds is 3. The van der Waals surface area contributed by atoms with E-state index in [0.717, 1.165) is 30.3 Å². The van der Waals surface area contributed by atoms with Crippen LogP contribution in [0.4, 0.5) is 5.82 Å². The standard InChI is InChI=1S/C18H20N4O2/c1-13-19-8-7-17(20-13)21-10-15-16(11-21)24-12-18(23)22(15)9-14-5-3-2-4-6-14/h2-8,15-16H,9-12H2,1H3/t15-,16-/m1/s1. The molecule has 24 heavy (non-hydrogen) atoms. The van der Waals surface area contributed by atoms with Crippen molar-refractivity contribution in [3.63, 3.8) is 0 Å². The van der Waals surface area contributed by atoms with Crippen molar-refractivity contribution >= 4 is 11.7 Å². The quantitative estimate of drug-likeness (QED) is 0.854. The van der Waals surface area contributed by atoms with Crippen molar-refractivity contribution in [2.75, 3.05) is 24.6 Å². The molecule has 124 valence electrons. The van der Waals surface area contributed by atoms with Gasteiger partial charge in [-0.15, -0.1) is 0 Å². The molecule has 0 radical (unpaired) electrons. The van der Waals surface area contributed by atoms with Gasteiger partial charge < -0.3 is 14.5 Å². The lowest BCUT2D eigenvalue weighted by Crippen LogP contribution is -2.53. The molecular weight excluding hydrogens is 304 g/mol. The summed E-state index contributed by atoms with van der Waals surface area (Å²) in [5.41, 5.74) is 1.14. The van der Waals surface area contributed by atoms with E-state index in [1.807, 2.05) is 36.1 Å². The Morgan fingerprint density at radius 2 is 2.04 bits per heavy atom. The van der Waals surface area contributed by atoms with Crippen molar-refractivity contribution < 1.29 is 9.53 Å². The Hall–Kier alpha value is -2.47. The largest absolute Gasteiger partial charge is 0.364 e. The third kappa shape index (κ3) is 2.85. The number of hydrogen-bond acceptors (Lipinski definition) is 5. The van der Waals surface area contributed by atoms with E-state index >= 15 is 0 Å². The molecule has 2 aliphatic heterocycles. The van der Waals surface area contributed by atoms with Gasteiger partial charge in [0.2, 0.25) is 5.91 Å². The van der Waals surface area contributed by atoms with Crippen LogP contribution in [0.3, 0.4) is 0 Å². The summed E-state index contributed by atoms with van der Waals surface area (Å²) in [5, 5.41) is 0. The third-order valence-electron chi connectivity index (χ3n) is 4.66. The molecule has 3 heterocycles. The van der Waals surface area contributed by atoms with Crippen LogP contribution in [0.2, 0.25) is 0 Å². The minimum Gasteiger partial charge on any atom is -0.364 e. The summed E-state index contributed by atoms with van der Waals surface area (Å²) in [5.74, 6) is 1.70. The highest BCUT2D eigenvalue weighted by molar-refractivity contribution is 5.79. The molecule has 1 amide bonds. The van der Waals surface area contributed by atoms with E-state index in [2.05, 4.69) is 27.0 Å². The summed E-state index contributed by atoms with van der Waals surface area (Å²) in [6.45, 7) is 4.15. The van der Waals surface area contributed by atoms with E-state index in [4.69, 9.17) is 4.74 Å². The van der Waals surface area contributed by atoms with Gasteiger partial charge in [-0.25, -0.2) is 9.97 Å². The van der Waals surface area contributed by atoms with Gasteiger partial charge in [0.15, 0.2) is 0 Å². The number of ether oxygens (including phenoxy) is 1. The lowest BCUT2D eigenvalue weighted by Gasteiger charge is -2.36. The minimum atomic E-state index is 0.0293. The maximum atomic E-state index is 12.4. The summed E-state index contributed by atoms with van der Waals surface area (Å²) in [6.07, 6.45) is 1.80. The van der Waals surface area contributed by atoms with Crippen molar-refractivity contribution in [3.8, 4) is 0 Å². The van der Waals surface area contributed by atoms with Crippen molar-refractivity contribution in [2.24, 2.45) is 0 Å². The number of aromatic nitrogens is 2. The third-order valence-corrected chi connectivity index (χ3v) is 4.66. The van der Waals surface area contributed by atoms with Crippen LogP contribution in [0.1, 0.15) is 11.4 Å². The van der Waals surface area contributed by atoms with E-state index in [1.54, 1.807) is 6.20 Å². The second-order valence-corrected chi connectivity index (χ2v) is 6.29. The highest BCUT2D eigenvalue weighted by atomic mass is 16.5. The molecule has 1 aromatic carbocycles. The van der Waals surface area contributed by atoms with Crippen LogP contribution in [0.25, 0.3) is 0 Å². The molecule has 2 atom stereocenters. The molecule has 6 heteroatoms. The van der Waals surface area contributed by atoms with Crippen molar-refractivity contribution in [3.05, 3.63) is 54.0 Å². The van der Waals surface area contributed by atoms with Gasteiger partial charge in [0.25, 0.3) is 0 Å². The number of carbonyl (C=O) groups excluding carboxylic acids is 1. The first kappa shape index (κ1) is 15.1. The predicted molar refractivity (Wildman–Crippen MR) is 89.5 cm³/mol. The molecule has 4 rings (SSSR count). The van der Waals surface area contributed by atoms with Crippen LogP contribution >= 0.6 is 0 Å². The Balaban J connectivity index is 1.55. The average Bonchev–Trinajstić information content (AvgIpc) is 3.03. The topological polar surface area (TPSA) is 58.6 Å². The molecular formula is C18H20N4O2. The molecule has 0 aliphatic carbocycles. The maximum absolute atomic E-state index is 12.4. The van der Waals surface area contributed by atoms with Crippen LogP contribution in [0.15, 0.2) is 42.6 Å². The normalized spacial score (nSPS) is 23.5. The molecule has 0 bridgehead atoms. The van der Waals surface area contributed by atoms with Crippen LogP contribution in [-0.2, 0) is 16.1 Å². The Labute approximate surface area is 141 Å². The fourth-order valence-corrected chi connectivity index (χ4v) is 3.46. The van der Waals surface area contributed by atoms with Gasteiger partial charge in [0.1, 0.15) is 18.2 Å². The fourth-order valence-electron chi connectivity index (χ4n) is 3.46. The van der Waals surface area contributed by atoms with Crippen LogP contribution in [0.5, 0.6) is 0 Å². The molecule has 6 nitrogen and oxygen atoms in total. The number of carbonyl (C=O) groups is 1. The number of anilines is 1. The smallest absolute Gasteiger partial charge is 0.249 e.